The van der Waals surface area contributed by atoms with Gasteiger partial charge in [-0.2, -0.15) is 18.3 Å². The van der Waals surface area contributed by atoms with Gasteiger partial charge in [0.15, 0.2) is 11.5 Å². The summed E-state index contributed by atoms with van der Waals surface area (Å²) in [5.41, 5.74) is -0.789. The fraction of sp³-hybridized carbons (Fsp3) is 0.200. The Morgan fingerprint density at radius 1 is 1.33 bits per heavy atom. The number of hydrogen-bond donors (Lipinski definition) is 0. The highest BCUT2D eigenvalue weighted by molar-refractivity contribution is 6.17. The van der Waals surface area contributed by atoms with Crippen molar-refractivity contribution in [2.45, 2.75) is 12.1 Å². The molecule has 96 valence electrons. The van der Waals surface area contributed by atoms with Crippen LogP contribution in [0.3, 0.4) is 0 Å². The second kappa shape index (κ2) is 4.56. The van der Waals surface area contributed by atoms with Crippen LogP contribution in [-0.2, 0) is 12.1 Å². The van der Waals surface area contributed by atoms with Crippen LogP contribution in [0.1, 0.15) is 11.3 Å². The molecule has 2 heterocycles. The third-order valence-corrected chi connectivity index (χ3v) is 2.44. The van der Waals surface area contributed by atoms with Crippen LogP contribution in [0.25, 0.3) is 5.82 Å². The van der Waals surface area contributed by atoms with Crippen molar-refractivity contribution in [3.8, 4) is 5.82 Å². The fourth-order valence-corrected chi connectivity index (χ4v) is 1.57. The average Bonchev–Trinajstić information content (AvgIpc) is 2.77. The standard InChI is InChI=1S/C10H6ClF4N3/c11-4-6-3-7(12)5-16-9(6)18-2-1-8(17-18)10(13,14)15/h1-3,5H,4H2. The molecule has 0 saturated heterocycles. The zero-order valence-electron chi connectivity index (χ0n) is 8.75. The molecule has 0 N–H and O–H groups in total. The van der Waals surface area contributed by atoms with Gasteiger partial charge in [-0.15, -0.1) is 11.6 Å². The van der Waals surface area contributed by atoms with Gasteiger partial charge >= 0.3 is 6.18 Å². The van der Waals surface area contributed by atoms with Crippen LogP contribution in [-0.4, -0.2) is 14.8 Å². The first-order valence-corrected chi connectivity index (χ1v) is 5.29. The zero-order valence-corrected chi connectivity index (χ0v) is 9.50. The quantitative estimate of drug-likeness (QED) is 0.624. The van der Waals surface area contributed by atoms with Gasteiger partial charge < -0.3 is 0 Å². The summed E-state index contributed by atoms with van der Waals surface area (Å²) in [5.74, 6) is -0.624. The van der Waals surface area contributed by atoms with Crippen molar-refractivity contribution in [1.82, 2.24) is 14.8 Å². The predicted molar refractivity (Wildman–Crippen MR) is 55.9 cm³/mol. The Labute approximate surface area is 104 Å². The molecule has 0 unspecified atom stereocenters. The molecule has 0 fully saturated rings. The molecule has 0 amide bonds. The van der Waals surface area contributed by atoms with E-state index in [0.717, 1.165) is 29.2 Å². The molecule has 0 bridgehead atoms. The Morgan fingerprint density at radius 3 is 2.61 bits per heavy atom. The van der Waals surface area contributed by atoms with Crippen LogP contribution < -0.4 is 0 Å². The van der Waals surface area contributed by atoms with Crippen LogP contribution in [0.5, 0.6) is 0 Å². The zero-order chi connectivity index (χ0) is 13.3. The van der Waals surface area contributed by atoms with Crippen LogP contribution in [0.4, 0.5) is 17.6 Å². The van der Waals surface area contributed by atoms with Crippen molar-refractivity contribution in [3.63, 3.8) is 0 Å². The van der Waals surface area contributed by atoms with E-state index in [1.54, 1.807) is 0 Å². The Morgan fingerprint density at radius 2 is 2.06 bits per heavy atom. The first-order valence-electron chi connectivity index (χ1n) is 4.75. The van der Waals surface area contributed by atoms with Crippen molar-refractivity contribution < 1.29 is 17.6 Å². The van der Waals surface area contributed by atoms with Gasteiger partial charge in [-0.25, -0.2) is 14.1 Å². The second-order valence-corrected chi connectivity index (χ2v) is 3.68. The van der Waals surface area contributed by atoms with Crippen LogP contribution >= 0.6 is 11.6 Å². The van der Waals surface area contributed by atoms with E-state index in [2.05, 4.69) is 10.1 Å². The Bertz CT molecular complexity index is 564. The minimum Gasteiger partial charge on any atom is -0.234 e. The molecule has 18 heavy (non-hydrogen) atoms. The number of hydrogen-bond acceptors (Lipinski definition) is 2. The van der Waals surface area contributed by atoms with Crippen LogP contribution in [0.2, 0.25) is 0 Å². The van der Waals surface area contributed by atoms with E-state index >= 15 is 0 Å². The third kappa shape index (κ3) is 2.45. The minimum absolute atomic E-state index is 0.0712. The monoisotopic (exact) mass is 279 g/mol. The lowest BCUT2D eigenvalue weighted by Gasteiger charge is -2.06. The van der Waals surface area contributed by atoms with Gasteiger partial charge in [0, 0.05) is 11.8 Å². The number of pyridine rings is 1. The van der Waals surface area contributed by atoms with Crippen LogP contribution in [0, 0.1) is 5.82 Å². The van der Waals surface area contributed by atoms with Crippen LogP contribution in [0.15, 0.2) is 24.5 Å². The summed E-state index contributed by atoms with van der Waals surface area (Å²) in [7, 11) is 0. The molecule has 0 radical (unpaired) electrons. The smallest absolute Gasteiger partial charge is 0.234 e. The summed E-state index contributed by atoms with van der Waals surface area (Å²) in [6, 6.07) is 1.91. The first-order chi connectivity index (χ1) is 8.41. The van der Waals surface area contributed by atoms with E-state index in [-0.39, 0.29) is 17.3 Å². The maximum Gasteiger partial charge on any atom is 0.435 e. The van der Waals surface area contributed by atoms with E-state index in [9.17, 15) is 17.6 Å². The van der Waals surface area contributed by atoms with Gasteiger partial charge in [-0.05, 0) is 12.1 Å². The SMILES string of the molecule is Fc1cnc(-n2ccc(C(F)(F)F)n2)c(CCl)c1. The third-order valence-electron chi connectivity index (χ3n) is 2.15. The highest BCUT2D eigenvalue weighted by atomic mass is 35.5. The number of nitrogens with zero attached hydrogens (tertiary/aromatic N) is 3. The lowest BCUT2D eigenvalue weighted by Crippen LogP contribution is -2.09. The number of aromatic nitrogens is 3. The summed E-state index contributed by atoms with van der Waals surface area (Å²) in [4.78, 5) is 3.69. The van der Waals surface area contributed by atoms with Gasteiger partial charge in [0.25, 0.3) is 0 Å². The molecule has 2 aromatic heterocycles. The van der Waals surface area contributed by atoms with Gasteiger partial charge in [-0.1, -0.05) is 0 Å². The number of rotatable bonds is 2. The molecule has 0 saturated carbocycles. The highest BCUT2D eigenvalue weighted by Crippen LogP contribution is 2.28. The Balaban J connectivity index is 2.46. The normalized spacial score (nSPS) is 11.8. The largest absolute Gasteiger partial charge is 0.435 e. The van der Waals surface area contributed by atoms with Crippen molar-refractivity contribution >= 4 is 11.6 Å². The van der Waals surface area contributed by atoms with Crippen molar-refractivity contribution in [2.24, 2.45) is 0 Å². The van der Waals surface area contributed by atoms with Gasteiger partial charge in [0.2, 0.25) is 0 Å². The Hall–Kier alpha value is -1.63. The summed E-state index contributed by atoms with van der Waals surface area (Å²) < 4.78 is 51.0. The number of alkyl halides is 4. The maximum absolute atomic E-state index is 12.9. The van der Waals surface area contributed by atoms with Crippen molar-refractivity contribution in [1.29, 1.82) is 0 Å². The predicted octanol–water partition coefficient (Wildman–Crippen LogP) is 3.16. The Kier molecular flexibility index (Phi) is 3.25. The second-order valence-electron chi connectivity index (χ2n) is 3.41. The molecule has 3 nitrogen and oxygen atoms in total. The maximum atomic E-state index is 12.9. The van der Waals surface area contributed by atoms with Gasteiger partial charge in [0.1, 0.15) is 5.82 Å². The molecular weight excluding hydrogens is 274 g/mol. The van der Waals surface area contributed by atoms with E-state index < -0.39 is 17.7 Å². The van der Waals surface area contributed by atoms with E-state index in [1.165, 1.54) is 0 Å². The molecule has 0 atom stereocenters. The summed E-state index contributed by atoms with van der Waals surface area (Å²) in [6.07, 6.45) is -2.55. The topological polar surface area (TPSA) is 30.7 Å². The van der Waals surface area contributed by atoms with Crippen molar-refractivity contribution in [2.75, 3.05) is 0 Å². The lowest BCUT2D eigenvalue weighted by atomic mass is 10.3. The highest BCUT2D eigenvalue weighted by Gasteiger charge is 2.33. The molecule has 0 aromatic carbocycles. The minimum atomic E-state index is -4.54. The summed E-state index contributed by atoms with van der Waals surface area (Å²) >= 11 is 5.58. The molecule has 0 aliphatic rings. The van der Waals surface area contributed by atoms with E-state index in [1.807, 2.05) is 0 Å². The first kappa shape index (κ1) is 12.8. The molecule has 8 heteroatoms. The number of halogens is 5. The molecule has 2 aromatic rings. The summed E-state index contributed by atoms with van der Waals surface area (Å²) in [6.45, 7) is 0. The summed E-state index contributed by atoms with van der Waals surface area (Å²) in [5, 5.41) is 3.34. The average molecular weight is 280 g/mol. The van der Waals surface area contributed by atoms with E-state index in [0.29, 0.717) is 0 Å². The van der Waals surface area contributed by atoms with E-state index in [4.69, 9.17) is 11.6 Å². The van der Waals surface area contributed by atoms with Gasteiger partial charge in [0.05, 0.1) is 12.1 Å². The van der Waals surface area contributed by atoms with Gasteiger partial charge in [-0.3, -0.25) is 0 Å². The molecule has 0 aliphatic heterocycles. The fourth-order valence-electron chi connectivity index (χ4n) is 1.37. The molecule has 0 spiro atoms. The lowest BCUT2D eigenvalue weighted by molar-refractivity contribution is -0.141. The molecule has 2 rings (SSSR count). The molecule has 0 aliphatic carbocycles. The molecular formula is C10H6ClF4N3. The van der Waals surface area contributed by atoms with Crippen molar-refractivity contribution in [3.05, 3.63) is 41.6 Å².